The van der Waals surface area contributed by atoms with Gasteiger partial charge >= 0.3 is 5.97 Å². The molecule has 0 aliphatic carbocycles. The summed E-state index contributed by atoms with van der Waals surface area (Å²) in [5.74, 6) is -2.77. The minimum atomic E-state index is -1.02. The maximum atomic E-state index is 13.1. The average Bonchev–Trinajstić information content (AvgIpc) is 2.81. The van der Waals surface area contributed by atoms with Crippen molar-refractivity contribution in [3.05, 3.63) is 83.4 Å². The lowest BCUT2D eigenvalue weighted by molar-refractivity contribution is -0.0188. The number of phenols is 5. The molecule has 1 aliphatic rings. The molecule has 2 atom stereocenters. The van der Waals surface area contributed by atoms with Gasteiger partial charge in [-0.2, -0.15) is 0 Å². The molecule has 34 heavy (non-hydrogen) atoms. The monoisotopic (exact) mass is 460 g/mol. The minimum absolute atomic E-state index is 0.0356. The van der Waals surface area contributed by atoms with Crippen LogP contribution in [0.25, 0.3) is 10.8 Å². The quantitative estimate of drug-likeness (QED) is 0.226. The van der Waals surface area contributed by atoms with E-state index in [4.69, 9.17) is 9.47 Å². The van der Waals surface area contributed by atoms with E-state index in [0.29, 0.717) is 11.1 Å². The van der Waals surface area contributed by atoms with Crippen molar-refractivity contribution in [1.29, 1.82) is 0 Å². The van der Waals surface area contributed by atoms with Crippen molar-refractivity contribution in [3.63, 3.8) is 0 Å². The van der Waals surface area contributed by atoms with E-state index in [2.05, 4.69) is 0 Å². The van der Waals surface area contributed by atoms with Crippen LogP contribution >= 0.6 is 0 Å². The molecular formula is C26H20O8. The van der Waals surface area contributed by atoms with E-state index in [-0.39, 0.29) is 29.2 Å². The van der Waals surface area contributed by atoms with Crippen LogP contribution in [0, 0.1) is 0 Å². The zero-order valence-electron chi connectivity index (χ0n) is 17.7. The summed E-state index contributed by atoms with van der Waals surface area (Å²) < 4.78 is 11.7. The number of hydrogen-bond donors (Lipinski definition) is 5. The number of benzene rings is 4. The molecule has 1 heterocycles. The number of rotatable bonds is 3. The lowest BCUT2D eigenvalue weighted by Gasteiger charge is -2.34. The van der Waals surface area contributed by atoms with Crippen LogP contribution in [0.1, 0.15) is 27.6 Å². The number of aromatic hydroxyl groups is 5. The maximum Gasteiger partial charge on any atom is 0.338 e. The first-order valence-electron chi connectivity index (χ1n) is 10.5. The molecule has 8 heteroatoms. The van der Waals surface area contributed by atoms with E-state index in [1.165, 1.54) is 18.2 Å². The summed E-state index contributed by atoms with van der Waals surface area (Å²) in [6.45, 7) is 0. The lowest BCUT2D eigenvalue weighted by Crippen LogP contribution is -2.34. The molecule has 5 N–H and O–H groups in total. The zero-order valence-corrected chi connectivity index (χ0v) is 17.7. The Labute approximate surface area is 193 Å². The highest BCUT2D eigenvalue weighted by molar-refractivity contribution is 5.95. The first-order valence-corrected chi connectivity index (χ1v) is 10.5. The van der Waals surface area contributed by atoms with Crippen LogP contribution in [-0.2, 0) is 11.2 Å². The molecule has 0 bridgehead atoms. The van der Waals surface area contributed by atoms with Gasteiger partial charge in [-0.1, -0.05) is 30.3 Å². The van der Waals surface area contributed by atoms with Crippen molar-refractivity contribution < 1.29 is 39.8 Å². The summed E-state index contributed by atoms with van der Waals surface area (Å²) in [7, 11) is 0. The zero-order chi connectivity index (χ0) is 24.0. The molecular weight excluding hydrogens is 440 g/mol. The summed E-state index contributed by atoms with van der Waals surface area (Å²) in [5, 5.41) is 51.7. The van der Waals surface area contributed by atoms with E-state index in [0.717, 1.165) is 16.8 Å². The first-order chi connectivity index (χ1) is 16.3. The second kappa shape index (κ2) is 8.08. The van der Waals surface area contributed by atoms with E-state index >= 15 is 0 Å². The fraction of sp³-hybridized carbons (Fsp3) is 0.115. The van der Waals surface area contributed by atoms with E-state index < -0.39 is 35.4 Å². The van der Waals surface area contributed by atoms with Crippen molar-refractivity contribution in [1.82, 2.24) is 0 Å². The molecule has 0 aromatic heterocycles. The molecule has 0 saturated carbocycles. The van der Waals surface area contributed by atoms with Gasteiger partial charge in [0.1, 0.15) is 23.4 Å². The van der Waals surface area contributed by atoms with Gasteiger partial charge in [-0.05, 0) is 35.0 Å². The molecule has 0 fully saturated rings. The van der Waals surface area contributed by atoms with Crippen LogP contribution in [0.5, 0.6) is 34.5 Å². The number of carbonyl (C=O) groups excluding carboxylic acids is 1. The predicted molar refractivity (Wildman–Crippen MR) is 121 cm³/mol. The number of esters is 1. The summed E-state index contributed by atoms with van der Waals surface area (Å²) >= 11 is 0. The summed E-state index contributed by atoms with van der Waals surface area (Å²) in [5.41, 5.74) is 0.866. The number of hydrogen-bond acceptors (Lipinski definition) is 8. The molecule has 0 amide bonds. The first kappa shape index (κ1) is 21.3. The normalized spacial score (nSPS) is 17.1. The van der Waals surface area contributed by atoms with Gasteiger partial charge in [0.2, 0.25) is 0 Å². The van der Waals surface area contributed by atoms with Crippen molar-refractivity contribution >= 4 is 16.7 Å². The molecule has 0 unspecified atom stereocenters. The van der Waals surface area contributed by atoms with Crippen molar-refractivity contribution in [2.45, 2.75) is 18.6 Å². The molecule has 172 valence electrons. The second-order valence-corrected chi connectivity index (χ2v) is 8.10. The third-order valence-electron chi connectivity index (χ3n) is 5.83. The third kappa shape index (κ3) is 3.75. The van der Waals surface area contributed by atoms with Crippen molar-refractivity contribution in [3.8, 4) is 34.5 Å². The Kier molecular flexibility index (Phi) is 5.05. The van der Waals surface area contributed by atoms with Gasteiger partial charge in [0.25, 0.3) is 0 Å². The van der Waals surface area contributed by atoms with Crippen LogP contribution in [0.2, 0.25) is 0 Å². The standard InChI is InChI=1S/C26H20O8/c27-17-10-19(28)18-12-23(34-26(32)15-6-5-13-3-1-2-4-14(13)7-15)25(33-22(18)11-17)16-8-20(29)24(31)21(30)9-16/h1-11,23,25,27-31H,12H2/t23-,25-/m1/s1. The van der Waals surface area contributed by atoms with Crippen LogP contribution in [0.4, 0.5) is 0 Å². The van der Waals surface area contributed by atoms with Crippen molar-refractivity contribution in [2.75, 3.05) is 0 Å². The molecule has 4 aromatic carbocycles. The van der Waals surface area contributed by atoms with Gasteiger partial charge in [0, 0.05) is 29.7 Å². The van der Waals surface area contributed by atoms with Gasteiger partial charge < -0.3 is 35.0 Å². The fourth-order valence-electron chi connectivity index (χ4n) is 4.15. The third-order valence-corrected chi connectivity index (χ3v) is 5.83. The van der Waals surface area contributed by atoms with Gasteiger partial charge in [-0.25, -0.2) is 4.79 Å². The Morgan fingerprint density at radius 3 is 2.26 bits per heavy atom. The van der Waals surface area contributed by atoms with Crippen LogP contribution < -0.4 is 4.74 Å². The van der Waals surface area contributed by atoms with Gasteiger partial charge in [0.05, 0.1) is 5.56 Å². The lowest BCUT2D eigenvalue weighted by atomic mass is 9.93. The number of fused-ring (bicyclic) bond motifs is 2. The maximum absolute atomic E-state index is 13.1. The Bertz CT molecular complexity index is 1400. The smallest absolute Gasteiger partial charge is 0.338 e. The highest BCUT2D eigenvalue weighted by Gasteiger charge is 2.37. The highest BCUT2D eigenvalue weighted by atomic mass is 16.6. The van der Waals surface area contributed by atoms with Crippen LogP contribution in [0.3, 0.4) is 0 Å². The van der Waals surface area contributed by atoms with E-state index in [1.807, 2.05) is 24.3 Å². The minimum Gasteiger partial charge on any atom is -0.508 e. The number of carbonyl (C=O) groups is 1. The van der Waals surface area contributed by atoms with Crippen LogP contribution in [-0.4, -0.2) is 37.6 Å². The summed E-state index contributed by atoms with van der Waals surface area (Å²) in [4.78, 5) is 13.1. The predicted octanol–water partition coefficient (Wildman–Crippen LogP) is 4.27. The number of phenolic OH excluding ortho intramolecular Hbond substituents is 5. The number of ether oxygens (including phenoxy) is 2. The SMILES string of the molecule is O=C(O[C@@H]1Cc2c(O)cc(O)cc2O[C@@H]1c1cc(O)c(O)c(O)c1)c1ccc2ccccc2c1. The molecule has 0 radical (unpaired) electrons. The van der Waals surface area contributed by atoms with E-state index in [1.54, 1.807) is 18.2 Å². The second-order valence-electron chi connectivity index (χ2n) is 8.10. The molecule has 1 aliphatic heterocycles. The topological polar surface area (TPSA) is 137 Å². The largest absolute Gasteiger partial charge is 0.508 e. The van der Waals surface area contributed by atoms with Gasteiger partial charge in [-0.3, -0.25) is 0 Å². The molecule has 0 saturated heterocycles. The Balaban J connectivity index is 1.53. The molecule has 4 aromatic rings. The average molecular weight is 460 g/mol. The summed E-state index contributed by atoms with van der Waals surface area (Å²) in [6.07, 6.45) is -1.95. The Morgan fingerprint density at radius 1 is 0.824 bits per heavy atom. The molecule has 0 spiro atoms. The highest BCUT2D eigenvalue weighted by Crippen LogP contribution is 2.45. The van der Waals surface area contributed by atoms with E-state index in [9.17, 15) is 30.3 Å². The van der Waals surface area contributed by atoms with Gasteiger partial charge in [-0.15, -0.1) is 0 Å². The summed E-state index contributed by atoms with van der Waals surface area (Å²) in [6, 6.07) is 17.6. The van der Waals surface area contributed by atoms with Crippen molar-refractivity contribution in [2.24, 2.45) is 0 Å². The van der Waals surface area contributed by atoms with Crippen LogP contribution in [0.15, 0.2) is 66.7 Å². The van der Waals surface area contributed by atoms with Gasteiger partial charge in [0.15, 0.2) is 23.4 Å². The fourth-order valence-corrected chi connectivity index (χ4v) is 4.15. The Hall–Kier alpha value is -4.59. The molecule has 5 rings (SSSR count). The molecule has 8 nitrogen and oxygen atoms in total. The Morgan fingerprint density at radius 2 is 1.53 bits per heavy atom.